The van der Waals surface area contributed by atoms with Crippen LogP contribution >= 0.6 is 46.4 Å². The zero-order chi connectivity index (χ0) is 21.9. The van der Waals surface area contributed by atoms with Crippen molar-refractivity contribution in [2.45, 2.75) is 26.2 Å². The molecule has 0 aromatic heterocycles. The third-order valence-corrected chi connectivity index (χ3v) is 4.88. The maximum absolute atomic E-state index is 11.6. The molecular weight excluding hydrogens is 470 g/mol. The summed E-state index contributed by atoms with van der Waals surface area (Å²) in [6.45, 7) is 3.02. The van der Waals surface area contributed by atoms with E-state index in [1.54, 1.807) is 36.4 Å². The van der Waals surface area contributed by atoms with E-state index in [0.29, 0.717) is 46.7 Å². The minimum Gasteiger partial charge on any atom is -0.494 e. The second-order valence-electron chi connectivity index (χ2n) is 6.23. The molecule has 8 heteroatoms. The van der Waals surface area contributed by atoms with Crippen molar-refractivity contribution in [3.63, 3.8) is 0 Å². The number of carbonyl (C=O) groups is 1. The molecule has 0 bridgehead atoms. The third-order valence-electron chi connectivity index (χ3n) is 4.01. The van der Waals surface area contributed by atoms with E-state index < -0.39 is 0 Å². The first-order valence-corrected chi connectivity index (χ1v) is 10.9. The van der Waals surface area contributed by atoms with Crippen LogP contribution in [0.3, 0.4) is 0 Å². The summed E-state index contributed by atoms with van der Waals surface area (Å²) in [6, 6.07) is 10.4. The molecule has 0 amide bonds. The lowest BCUT2D eigenvalue weighted by Crippen LogP contribution is -2.04. The quantitative estimate of drug-likeness (QED) is 0.227. The van der Waals surface area contributed by atoms with Gasteiger partial charge in [-0.2, -0.15) is 0 Å². The summed E-state index contributed by atoms with van der Waals surface area (Å²) in [7, 11) is 0. The van der Waals surface area contributed by atoms with Gasteiger partial charge in [0.15, 0.2) is 11.5 Å². The zero-order valence-electron chi connectivity index (χ0n) is 16.4. The molecule has 0 unspecified atom stereocenters. The van der Waals surface area contributed by atoms with Crippen molar-refractivity contribution in [3.05, 3.63) is 62.6 Å². The second kappa shape index (κ2) is 13.0. The van der Waals surface area contributed by atoms with Gasteiger partial charge in [0.25, 0.3) is 0 Å². The summed E-state index contributed by atoms with van der Waals surface area (Å²) in [5.41, 5.74) is 0.697. The Balaban J connectivity index is 1.72. The van der Waals surface area contributed by atoms with Gasteiger partial charge >= 0.3 is 0 Å². The Bertz CT molecular complexity index is 839. The lowest BCUT2D eigenvalue weighted by atomic mass is 10.1. The number of ketones is 1. The van der Waals surface area contributed by atoms with Gasteiger partial charge in [-0.05, 0) is 43.2 Å². The fraction of sp³-hybridized carbons (Fsp3) is 0.318. The smallest absolute Gasteiger partial charge is 0.162 e. The summed E-state index contributed by atoms with van der Waals surface area (Å²) in [5, 5.41) is 0.716. The molecule has 2 aromatic rings. The van der Waals surface area contributed by atoms with E-state index in [1.165, 1.54) is 6.08 Å². The fourth-order valence-corrected chi connectivity index (χ4v) is 3.17. The number of carbonyl (C=O) groups excluding carboxylic acids is 1. The molecular formula is C22H22Cl4O4. The topological polar surface area (TPSA) is 44.8 Å². The van der Waals surface area contributed by atoms with Gasteiger partial charge in [-0.15, -0.1) is 0 Å². The van der Waals surface area contributed by atoms with Gasteiger partial charge in [0.1, 0.15) is 22.6 Å². The van der Waals surface area contributed by atoms with Gasteiger partial charge in [0, 0.05) is 24.1 Å². The lowest BCUT2D eigenvalue weighted by molar-refractivity contribution is 0.0988. The van der Waals surface area contributed by atoms with Crippen LogP contribution in [-0.4, -0.2) is 25.6 Å². The number of Topliss-reactive ketones (excluding diaryl/α,β-unsaturated/α-hetero) is 1. The van der Waals surface area contributed by atoms with Crippen LogP contribution in [0.15, 0.2) is 47.0 Å². The first-order valence-electron chi connectivity index (χ1n) is 9.42. The molecule has 162 valence electrons. The molecule has 0 aliphatic rings. The maximum atomic E-state index is 11.6. The summed E-state index contributed by atoms with van der Waals surface area (Å²) >= 11 is 23.5. The average Bonchev–Trinajstić information content (AvgIpc) is 2.71. The summed E-state index contributed by atoms with van der Waals surface area (Å²) in [5.74, 6) is 1.75. The van der Waals surface area contributed by atoms with Gasteiger partial charge in [0.2, 0.25) is 0 Å². The van der Waals surface area contributed by atoms with Crippen molar-refractivity contribution in [1.29, 1.82) is 0 Å². The maximum Gasteiger partial charge on any atom is 0.162 e. The van der Waals surface area contributed by atoms with Crippen molar-refractivity contribution >= 4 is 52.2 Å². The number of ether oxygens (including phenoxy) is 3. The molecule has 0 fully saturated rings. The highest BCUT2D eigenvalue weighted by Gasteiger charge is 2.11. The molecule has 0 N–H and O–H groups in total. The largest absolute Gasteiger partial charge is 0.494 e. The molecule has 2 aromatic carbocycles. The van der Waals surface area contributed by atoms with E-state index in [-0.39, 0.29) is 16.9 Å². The number of halogens is 4. The molecule has 0 atom stereocenters. The summed E-state index contributed by atoms with van der Waals surface area (Å²) in [4.78, 5) is 11.6. The number of benzene rings is 2. The Kier molecular flexibility index (Phi) is 10.7. The number of rotatable bonds is 12. The molecule has 0 radical (unpaired) electrons. The average molecular weight is 492 g/mol. The van der Waals surface area contributed by atoms with Gasteiger partial charge in [-0.3, -0.25) is 4.79 Å². The van der Waals surface area contributed by atoms with Crippen LogP contribution in [0, 0.1) is 0 Å². The Morgan fingerprint density at radius 2 is 1.50 bits per heavy atom. The van der Waals surface area contributed by atoms with Crippen LogP contribution in [0.4, 0.5) is 0 Å². The molecule has 0 aliphatic heterocycles. The van der Waals surface area contributed by atoms with Crippen LogP contribution in [0.2, 0.25) is 10.0 Å². The Labute approximate surface area is 196 Å². The Morgan fingerprint density at radius 3 is 2.07 bits per heavy atom. The highest BCUT2D eigenvalue weighted by Crippen LogP contribution is 2.37. The Hall–Kier alpha value is -1.59. The highest BCUT2D eigenvalue weighted by molar-refractivity contribution is 6.55. The molecule has 30 heavy (non-hydrogen) atoms. The summed E-state index contributed by atoms with van der Waals surface area (Å²) < 4.78 is 17.0. The lowest BCUT2D eigenvalue weighted by Gasteiger charge is -2.12. The monoisotopic (exact) mass is 490 g/mol. The highest BCUT2D eigenvalue weighted by atomic mass is 35.5. The van der Waals surface area contributed by atoms with Crippen molar-refractivity contribution in [2.24, 2.45) is 0 Å². The predicted octanol–water partition coefficient (Wildman–Crippen LogP) is 7.52. The standard InChI is InChI=1S/C22H22Cl4O4/c1-2-20(27)15-5-7-16(8-6-15)28-10-3-4-11-30-22-18(23)13-17(14-19(22)24)29-12-9-21(25)26/h5-9,13-14H,2-4,10-12H2,1H3. The molecule has 2 rings (SSSR count). The number of unbranched alkanes of at least 4 members (excludes halogenated alkanes) is 1. The molecule has 4 nitrogen and oxygen atoms in total. The van der Waals surface area contributed by atoms with Crippen LogP contribution in [0.1, 0.15) is 36.5 Å². The van der Waals surface area contributed by atoms with E-state index in [2.05, 4.69) is 0 Å². The first-order chi connectivity index (χ1) is 14.4. The van der Waals surface area contributed by atoms with Crippen molar-refractivity contribution in [2.75, 3.05) is 19.8 Å². The minimum absolute atomic E-state index is 0.118. The SMILES string of the molecule is CCC(=O)c1ccc(OCCCCOc2c(Cl)cc(OCC=C(Cl)Cl)cc2Cl)cc1. The minimum atomic E-state index is 0.118. The van der Waals surface area contributed by atoms with E-state index in [0.717, 1.165) is 18.6 Å². The number of hydrogen-bond acceptors (Lipinski definition) is 4. The number of hydrogen-bond donors (Lipinski definition) is 0. The van der Waals surface area contributed by atoms with E-state index in [1.807, 2.05) is 6.92 Å². The van der Waals surface area contributed by atoms with Gasteiger partial charge in [-0.1, -0.05) is 53.3 Å². The van der Waals surface area contributed by atoms with E-state index in [4.69, 9.17) is 60.6 Å². The zero-order valence-corrected chi connectivity index (χ0v) is 19.5. The van der Waals surface area contributed by atoms with Gasteiger partial charge in [-0.25, -0.2) is 0 Å². The van der Waals surface area contributed by atoms with Crippen LogP contribution < -0.4 is 14.2 Å². The van der Waals surface area contributed by atoms with Crippen molar-refractivity contribution < 1.29 is 19.0 Å². The van der Waals surface area contributed by atoms with Crippen LogP contribution in [-0.2, 0) is 0 Å². The fourth-order valence-electron chi connectivity index (χ4n) is 2.47. The molecule has 0 aliphatic carbocycles. The third kappa shape index (κ3) is 8.27. The normalized spacial score (nSPS) is 10.4. The van der Waals surface area contributed by atoms with Crippen molar-refractivity contribution in [3.8, 4) is 17.2 Å². The molecule has 0 saturated heterocycles. The van der Waals surface area contributed by atoms with Crippen molar-refractivity contribution in [1.82, 2.24) is 0 Å². The first kappa shape index (κ1) is 24.7. The van der Waals surface area contributed by atoms with E-state index >= 15 is 0 Å². The molecule has 0 saturated carbocycles. The van der Waals surface area contributed by atoms with Crippen LogP contribution in [0.25, 0.3) is 0 Å². The van der Waals surface area contributed by atoms with Crippen LogP contribution in [0.5, 0.6) is 17.2 Å². The summed E-state index contributed by atoms with van der Waals surface area (Å²) in [6.07, 6.45) is 3.55. The molecule has 0 spiro atoms. The van der Waals surface area contributed by atoms with E-state index in [9.17, 15) is 4.79 Å². The Morgan fingerprint density at radius 1 is 0.900 bits per heavy atom. The van der Waals surface area contributed by atoms with Gasteiger partial charge in [0.05, 0.1) is 23.3 Å². The molecule has 0 heterocycles. The second-order valence-corrected chi connectivity index (χ2v) is 8.05. The predicted molar refractivity (Wildman–Crippen MR) is 123 cm³/mol. The van der Waals surface area contributed by atoms with Gasteiger partial charge < -0.3 is 14.2 Å².